The van der Waals surface area contributed by atoms with Crippen LogP contribution in [0.5, 0.6) is 0 Å². The maximum atomic E-state index is 12.5. The summed E-state index contributed by atoms with van der Waals surface area (Å²) in [5.41, 5.74) is 1.19. The second kappa shape index (κ2) is 10.6. The Hall–Kier alpha value is -1.44. The van der Waals surface area contributed by atoms with Crippen molar-refractivity contribution in [1.29, 1.82) is 0 Å². The number of hydrogen-bond donors (Lipinski definition) is 2. The van der Waals surface area contributed by atoms with E-state index < -0.39 is 0 Å². The van der Waals surface area contributed by atoms with Gasteiger partial charge in [0, 0.05) is 22.5 Å². The van der Waals surface area contributed by atoms with Crippen LogP contribution < -0.4 is 10.9 Å². The zero-order valence-corrected chi connectivity index (χ0v) is 17.1. The third-order valence-corrected chi connectivity index (χ3v) is 6.06. The number of H-pyrrole nitrogens is 1. The number of aromatic amines is 1. The van der Waals surface area contributed by atoms with Crippen molar-refractivity contribution in [3.8, 4) is 0 Å². The number of thioether (sulfide) groups is 2. The highest BCUT2D eigenvalue weighted by Gasteiger charge is 2.20. The van der Waals surface area contributed by atoms with Gasteiger partial charge in [0.2, 0.25) is 5.91 Å². The lowest BCUT2D eigenvalue weighted by molar-refractivity contribution is -0.115. The lowest BCUT2D eigenvalue weighted by atomic mass is 10.3. The third kappa shape index (κ3) is 6.70. The molecule has 1 aromatic carbocycles. The molecule has 8 heteroatoms. The van der Waals surface area contributed by atoms with Crippen molar-refractivity contribution in [3.05, 3.63) is 51.4 Å². The molecule has 1 atom stereocenters. The molecule has 0 aliphatic heterocycles. The van der Waals surface area contributed by atoms with Gasteiger partial charge in [0.1, 0.15) is 0 Å². The van der Waals surface area contributed by atoms with Crippen molar-refractivity contribution in [2.24, 2.45) is 0 Å². The number of nitrogens with zero attached hydrogens (tertiary/aromatic N) is 1. The standard InChI is InChI=1S/C18H22ClN3O2S2/c1-3-8-25-11-14-10-16(23)22-18(21-14)26-15(4-2)17(24)20-13-7-5-6-12(19)9-13/h5-7,9-10,15H,3-4,8,11H2,1-2H3,(H,20,24)(H,21,22,23). The van der Waals surface area contributed by atoms with Crippen LogP contribution in [0.3, 0.4) is 0 Å². The van der Waals surface area contributed by atoms with E-state index in [1.165, 1.54) is 17.8 Å². The lowest BCUT2D eigenvalue weighted by Crippen LogP contribution is -2.25. The summed E-state index contributed by atoms with van der Waals surface area (Å²) < 4.78 is 0. The van der Waals surface area contributed by atoms with Gasteiger partial charge in [-0.15, -0.1) is 0 Å². The van der Waals surface area contributed by atoms with E-state index in [4.69, 9.17) is 11.6 Å². The summed E-state index contributed by atoms with van der Waals surface area (Å²) in [6.07, 6.45) is 1.69. The fraction of sp³-hybridized carbons (Fsp3) is 0.389. The highest BCUT2D eigenvalue weighted by molar-refractivity contribution is 8.00. The van der Waals surface area contributed by atoms with Gasteiger partial charge in [0.05, 0.1) is 10.9 Å². The molecule has 0 fully saturated rings. The minimum atomic E-state index is -0.365. The van der Waals surface area contributed by atoms with Gasteiger partial charge in [0.25, 0.3) is 5.56 Å². The molecule has 0 saturated heterocycles. The molecule has 1 heterocycles. The molecule has 26 heavy (non-hydrogen) atoms. The number of amides is 1. The number of rotatable bonds is 9. The zero-order valence-electron chi connectivity index (χ0n) is 14.8. The number of hydrogen-bond acceptors (Lipinski definition) is 5. The number of aromatic nitrogens is 2. The van der Waals surface area contributed by atoms with Crippen LogP contribution in [0, 0.1) is 0 Å². The predicted molar refractivity (Wildman–Crippen MR) is 111 cm³/mol. The zero-order chi connectivity index (χ0) is 18.9. The number of carbonyl (C=O) groups excluding carboxylic acids is 1. The van der Waals surface area contributed by atoms with Crippen LogP contribution in [0.15, 0.2) is 40.3 Å². The topological polar surface area (TPSA) is 74.8 Å². The quantitative estimate of drug-likeness (QED) is 0.359. The number of nitrogens with one attached hydrogen (secondary N) is 2. The molecule has 1 amide bonds. The highest BCUT2D eigenvalue weighted by atomic mass is 35.5. The average molecular weight is 412 g/mol. The molecule has 0 spiro atoms. The second-order valence-electron chi connectivity index (χ2n) is 5.61. The first-order valence-corrected chi connectivity index (χ1v) is 10.8. The molecule has 2 rings (SSSR count). The van der Waals surface area contributed by atoms with Crippen molar-refractivity contribution >= 4 is 46.7 Å². The molecule has 0 radical (unpaired) electrons. The maximum absolute atomic E-state index is 12.5. The first-order chi connectivity index (χ1) is 12.5. The van der Waals surface area contributed by atoms with Crippen molar-refractivity contribution in [2.75, 3.05) is 11.1 Å². The second-order valence-corrected chi connectivity index (χ2v) is 8.34. The molecule has 1 aromatic heterocycles. The average Bonchev–Trinajstić information content (AvgIpc) is 2.59. The third-order valence-electron chi connectivity index (χ3n) is 3.38. The van der Waals surface area contributed by atoms with Gasteiger partial charge in [-0.1, -0.05) is 43.3 Å². The van der Waals surface area contributed by atoms with E-state index in [0.29, 0.717) is 28.0 Å². The molecule has 0 aliphatic carbocycles. The summed E-state index contributed by atoms with van der Waals surface area (Å²) in [5.74, 6) is 1.57. The van der Waals surface area contributed by atoms with Crippen molar-refractivity contribution in [3.63, 3.8) is 0 Å². The Bertz CT molecular complexity index is 798. The van der Waals surface area contributed by atoms with E-state index in [-0.39, 0.29) is 16.7 Å². The predicted octanol–water partition coefficient (Wildman–Crippen LogP) is 4.58. The molecule has 5 nitrogen and oxygen atoms in total. The van der Waals surface area contributed by atoms with Gasteiger partial charge in [0.15, 0.2) is 5.16 Å². The Morgan fingerprint density at radius 2 is 2.15 bits per heavy atom. The largest absolute Gasteiger partial charge is 0.325 e. The van der Waals surface area contributed by atoms with Crippen LogP contribution in [0.4, 0.5) is 5.69 Å². The minimum absolute atomic E-state index is 0.145. The van der Waals surface area contributed by atoms with Gasteiger partial charge >= 0.3 is 0 Å². The van der Waals surface area contributed by atoms with Crippen molar-refractivity contribution < 1.29 is 4.79 Å². The first kappa shape index (κ1) is 20.9. The van der Waals surface area contributed by atoms with E-state index >= 15 is 0 Å². The molecular formula is C18H22ClN3O2S2. The highest BCUT2D eigenvalue weighted by Crippen LogP contribution is 2.24. The summed E-state index contributed by atoms with van der Waals surface area (Å²) in [4.78, 5) is 31.6. The van der Waals surface area contributed by atoms with Gasteiger partial charge < -0.3 is 10.3 Å². The molecule has 0 aliphatic rings. The Balaban J connectivity index is 2.06. The Morgan fingerprint density at radius 3 is 2.85 bits per heavy atom. The fourth-order valence-electron chi connectivity index (χ4n) is 2.18. The molecule has 2 N–H and O–H groups in total. The summed E-state index contributed by atoms with van der Waals surface area (Å²) in [5, 5.41) is 3.52. The molecule has 140 valence electrons. The van der Waals surface area contributed by atoms with Crippen LogP contribution >= 0.6 is 35.1 Å². The minimum Gasteiger partial charge on any atom is -0.325 e. The Kier molecular flexibility index (Phi) is 8.54. The SMILES string of the molecule is CCCSCc1cc(=O)[nH]c(SC(CC)C(=O)Nc2cccc(Cl)c2)n1. The monoisotopic (exact) mass is 411 g/mol. The van der Waals surface area contributed by atoms with Gasteiger partial charge in [-0.25, -0.2) is 4.98 Å². The van der Waals surface area contributed by atoms with Crippen LogP contribution in [0.25, 0.3) is 0 Å². The molecular weight excluding hydrogens is 390 g/mol. The summed E-state index contributed by atoms with van der Waals surface area (Å²) in [7, 11) is 0. The fourth-order valence-corrected chi connectivity index (χ4v) is 4.09. The number of benzene rings is 1. The summed E-state index contributed by atoms with van der Waals surface area (Å²) in [6, 6.07) is 8.53. The maximum Gasteiger partial charge on any atom is 0.251 e. The van der Waals surface area contributed by atoms with Crippen molar-refractivity contribution in [2.45, 2.75) is 42.8 Å². The Morgan fingerprint density at radius 1 is 1.35 bits per heavy atom. The molecule has 1 unspecified atom stereocenters. The van der Waals surface area contributed by atoms with Crippen LogP contribution in [0.1, 0.15) is 32.4 Å². The van der Waals surface area contributed by atoms with E-state index in [0.717, 1.165) is 17.9 Å². The van der Waals surface area contributed by atoms with E-state index in [1.54, 1.807) is 36.0 Å². The molecule has 0 saturated carbocycles. The number of anilines is 1. The van der Waals surface area contributed by atoms with Gasteiger partial charge in [-0.05, 0) is 36.8 Å². The molecule has 0 bridgehead atoms. The first-order valence-electron chi connectivity index (χ1n) is 8.43. The van der Waals surface area contributed by atoms with E-state index in [1.807, 2.05) is 6.92 Å². The van der Waals surface area contributed by atoms with Crippen LogP contribution in [-0.2, 0) is 10.5 Å². The van der Waals surface area contributed by atoms with Crippen LogP contribution in [-0.4, -0.2) is 26.9 Å². The molecule has 2 aromatic rings. The van der Waals surface area contributed by atoms with Crippen molar-refractivity contribution in [1.82, 2.24) is 9.97 Å². The number of halogens is 1. The Labute approximate surface area is 166 Å². The van der Waals surface area contributed by atoms with E-state index in [9.17, 15) is 9.59 Å². The smallest absolute Gasteiger partial charge is 0.251 e. The number of carbonyl (C=O) groups is 1. The van der Waals surface area contributed by atoms with Gasteiger partial charge in [-0.3, -0.25) is 9.59 Å². The van der Waals surface area contributed by atoms with Crippen LogP contribution in [0.2, 0.25) is 5.02 Å². The van der Waals surface area contributed by atoms with Gasteiger partial charge in [-0.2, -0.15) is 11.8 Å². The summed E-state index contributed by atoms with van der Waals surface area (Å²) in [6.45, 7) is 4.04. The van der Waals surface area contributed by atoms with E-state index in [2.05, 4.69) is 22.2 Å². The summed E-state index contributed by atoms with van der Waals surface area (Å²) >= 11 is 8.96. The normalized spacial score (nSPS) is 12.0. The lowest BCUT2D eigenvalue weighted by Gasteiger charge is -2.14.